The fourth-order valence-corrected chi connectivity index (χ4v) is 2.61. The van der Waals surface area contributed by atoms with Crippen LogP contribution in [0.25, 0.3) is 0 Å². The summed E-state index contributed by atoms with van der Waals surface area (Å²) >= 11 is 0. The molecule has 0 fully saturated rings. The second-order valence-corrected chi connectivity index (χ2v) is 5.91. The number of benzene rings is 2. The average Bonchev–Trinajstić information content (AvgIpc) is 2.56. The monoisotopic (exact) mass is 364 g/mol. The number of hydrogen-bond donors (Lipinski definition) is 2. The molecule has 1 heterocycles. The summed E-state index contributed by atoms with van der Waals surface area (Å²) in [4.78, 5) is 24.2. The third kappa shape index (κ3) is 3.35. The zero-order valence-electron chi connectivity index (χ0n) is 13.9. The summed E-state index contributed by atoms with van der Waals surface area (Å²) in [6.07, 6.45) is -5.30. The van der Waals surface area contributed by atoms with Crippen molar-refractivity contribution in [2.24, 2.45) is 0 Å². The van der Waals surface area contributed by atoms with Gasteiger partial charge in [-0.25, -0.2) is 0 Å². The molecule has 0 aliphatic carbocycles. The van der Waals surface area contributed by atoms with Crippen molar-refractivity contribution in [3.8, 4) is 5.75 Å². The van der Waals surface area contributed by atoms with E-state index in [9.17, 15) is 22.8 Å². The summed E-state index contributed by atoms with van der Waals surface area (Å²) in [5.74, 6) is -0.800. The number of ether oxygens (including phenoxy) is 1. The summed E-state index contributed by atoms with van der Waals surface area (Å²) in [7, 11) is 0. The lowest BCUT2D eigenvalue weighted by Gasteiger charge is -2.25. The van der Waals surface area contributed by atoms with Gasteiger partial charge in [-0.1, -0.05) is 12.1 Å². The average molecular weight is 364 g/mol. The number of nitrogens with one attached hydrogen (secondary N) is 2. The van der Waals surface area contributed by atoms with Crippen molar-refractivity contribution < 1.29 is 27.5 Å². The Labute approximate surface area is 147 Å². The van der Waals surface area contributed by atoms with Crippen LogP contribution in [0.4, 0.5) is 24.5 Å². The molecular formula is C18H15F3N2O3. The van der Waals surface area contributed by atoms with Crippen LogP contribution in [-0.4, -0.2) is 17.9 Å². The largest absolute Gasteiger partial charge is 0.478 e. The summed E-state index contributed by atoms with van der Waals surface area (Å²) in [5.41, 5.74) is -0.294. The number of aryl methyl sites for hydroxylation is 1. The van der Waals surface area contributed by atoms with E-state index >= 15 is 0 Å². The molecule has 1 aliphatic rings. The Balaban J connectivity index is 1.91. The van der Waals surface area contributed by atoms with Gasteiger partial charge in [0.1, 0.15) is 0 Å². The molecule has 2 aromatic rings. The van der Waals surface area contributed by atoms with Gasteiger partial charge in [0.25, 0.3) is 11.8 Å². The Bertz CT molecular complexity index is 894. The summed E-state index contributed by atoms with van der Waals surface area (Å²) in [6, 6.07) is 8.15. The van der Waals surface area contributed by atoms with Crippen LogP contribution in [0.1, 0.15) is 28.4 Å². The van der Waals surface area contributed by atoms with Crippen molar-refractivity contribution in [1.82, 2.24) is 0 Å². The number of halogens is 3. The van der Waals surface area contributed by atoms with Gasteiger partial charge in [-0.05, 0) is 43.7 Å². The lowest BCUT2D eigenvalue weighted by molar-refractivity contribution is -0.138. The van der Waals surface area contributed by atoms with Crippen LogP contribution in [0, 0.1) is 6.92 Å². The maximum absolute atomic E-state index is 13.0. The molecule has 0 saturated heterocycles. The Morgan fingerprint density at radius 1 is 1.23 bits per heavy atom. The van der Waals surface area contributed by atoms with Crippen molar-refractivity contribution in [2.75, 3.05) is 10.6 Å². The number of fused-ring (bicyclic) bond motifs is 1. The quantitative estimate of drug-likeness (QED) is 0.847. The van der Waals surface area contributed by atoms with E-state index in [2.05, 4.69) is 10.6 Å². The lowest BCUT2D eigenvalue weighted by atomic mass is 10.1. The first-order chi connectivity index (χ1) is 12.2. The van der Waals surface area contributed by atoms with E-state index < -0.39 is 23.8 Å². The number of rotatable bonds is 2. The molecule has 2 aromatic carbocycles. The molecule has 1 aliphatic heterocycles. The van der Waals surface area contributed by atoms with Crippen molar-refractivity contribution in [1.29, 1.82) is 0 Å². The Kier molecular flexibility index (Phi) is 4.35. The van der Waals surface area contributed by atoms with E-state index in [0.29, 0.717) is 5.69 Å². The van der Waals surface area contributed by atoms with Crippen LogP contribution >= 0.6 is 0 Å². The van der Waals surface area contributed by atoms with E-state index in [1.165, 1.54) is 32.0 Å². The number of amides is 2. The maximum Gasteiger partial charge on any atom is 0.416 e. The second kappa shape index (κ2) is 6.36. The number of hydrogen-bond acceptors (Lipinski definition) is 3. The highest BCUT2D eigenvalue weighted by molar-refractivity contribution is 6.09. The van der Waals surface area contributed by atoms with Crippen molar-refractivity contribution in [3.63, 3.8) is 0 Å². The van der Waals surface area contributed by atoms with Crippen molar-refractivity contribution in [3.05, 3.63) is 53.1 Å². The zero-order valence-corrected chi connectivity index (χ0v) is 13.9. The molecule has 8 heteroatoms. The topological polar surface area (TPSA) is 67.4 Å². The minimum absolute atomic E-state index is 0.0124. The molecule has 1 unspecified atom stereocenters. The van der Waals surface area contributed by atoms with E-state index in [1.54, 1.807) is 12.1 Å². The number of carbonyl (C=O) groups excluding carboxylic acids is 2. The lowest BCUT2D eigenvalue weighted by Crippen LogP contribution is -2.35. The van der Waals surface area contributed by atoms with Crippen LogP contribution in [0.15, 0.2) is 36.4 Å². The molecule has 0 radical (unpaired) electrons. The maximum atomic E-state index is 13.0. The van der Waals surface area contributed by atoms with Crippen LogP contribution < -0.4 is 15.4 Å². The van der Waals surface area contributed by atoms with Gasteiger partial charge in [0.2, 0.25) is 0 Å². The molecule has 0 spiro atoms. The van der Waals surface area contributed by atoms with Gasteiger partial charge in [0, 0.05) is 5.69 Å². The highest BCUT2D eigenvalue weighted by atomic mass is 19.4. The first-order valence-electron chi connectivity index (χ1n) is 7.76. The summed E-state index contributed by atoms with van der Waals surface area (Å²) in [6.45, 7) is 2.88. The smallest absolute Gasteiger partial charge is 0.416 e. The van der Waals surface area contributed by atoms with E-state index in [1.807, 2.05) is 0 Å². The molecule has 3 rings (SSSR count). The van der Waals surface area contributed by atoms with E-state index in [-0.39, 0.29) is 28.5 Å². The Morgan fingerprint density at radius 3 is 2.65 bits per heavy atom. The number of anilines is 2. The number of alkyl halides is 3. The number of para-hydroxylation sites is 1. The van der Waals surface area contributed by atoms with Gasteiger partial charge >= 0.3 is 6.18 Å². The summed E-state index contributed by atoms with van der Waals surface area (Å²) in [5, 5.41) is 5.06. The molecule has 26 heavy (non-hydrogen) atoms. The molecule has 1 atom stereocenters. The minimum atomic E-state index is -4.51. The Morgan fingerprint density at radius 2 is 1.96 bits per heavy atom. The van der Waals surface area contributed by atoms with Crippen molar-refractivity contribution in [2.45, 2.75) is 26.1 Å². The van der Waals surface area contributed by atoms with E-state index in [0.717, 1.165) is 6.07 Å². The fraction of sp³-hybridized carbons (Fsp3) is 0.222. The van der Waals surface area contributed by atoms with Crippen LogP contribution in [0.3, 0.4) is 0 Å². The number of carbonyl (C=O) groups is 2. The first-order valence-corrected chi connectivity index (χ1v) is 7.76. The molecule has 0 saturated carbocycles. The molecule has 0 aromatic heterocycles. The van der Waals surface area contributed by atoms with Gasteiger partial charge in [0.15, 0.2) is 11.9 Å². The predicted molar refractivity (Wildman–Crippen MR) is 89.3 cm³/mol. The van der Waals surface area contributed by atoms with Crippen LogP contribution in [0.5, 0.6) is 5.75 Å². The van der Waals surface area contributed by atoms with Gasteiger partial charge in [-0.15, -0.1) is 0 Å². The zero-order chi connectivity index (χ0) is 19.1. The molecule has 2 N–H and O–H groups in total. The normalized spacial score (nSPS) is 16.3. The van der Waals surface area contributed by atoms with Crippen LogP contribution in [-0.2, 0) is 11.0 Å². The third-order valence-corrected chi connectivity index (χ3v) is 3.98. The third-order valence-electron chi connectivity index (χ3n) is 3.98. The molecule has 5 nitrogen and oxygen atoms in total. The molecular weight excluding hydrogens is 349 g/mol. The standard InChI is InChI=1S/C18H15F3N2O3/c1-9-6-7-11(8-13(9)18(19,20)21)22-17(25)12-4-3-5-14-15(12)26-10(2)16(24)23-14/h3-8,10H,1-2H3,(H,22,25)(H,23,24). The van der Waals surface area contributed by atoms with Gasteiger partial charge in [-0.3, -0.25) is 9.59 Å². The van der Waals surface area contributed by atoms with E-state index in [4.69, 9.17) is 4.74 Å². The van der Waals surface area contributed by atoms with Gasteiger partial charge < -0.3 is 15.4 Å². The first kappa shape index (κ1) is 17.8. The minimum Gasteiger partial charge on any atom is -0.478 e. The van der Waals surface area contributed by atoms with Gasteiger partial charge in [-0.2, -0.15) is 13.2 Å². The molecule has 136 valence electrons. The highest BCUT2D eigenvalue weighted by Gasteiger charge is 2.33. The predicted octanol–water partition coefficient (Wildman–Crippen LogP) is 3.99. The second-order valence-electron chi connectivity index (χ2n) is 5.91. The van der Waals surface area contributed by atoms with Gasteiger partial charge in [0.05, 0.1) is 16.8 Å². The SMILES string of the molecule is Cc1ccc(NC(=O)c2cccc3c2OC(C)C(=O)N3)cc1C(F)(F)F. The summed E-state index contributed by atoms with van der Waals surface area (Å²) < 4.78 is 44.5. The fourth-order valence-electron chi connectivity index (χ4n) is 2.61. The van der Waals surface area contributed by atoms with Crippen LogP contribution in [0.2, 0.25) is 0 Å². The molecule has 2 amide bonds. The van der Waals surface area contributed by atoms with Crippen molar-refractivity contribution >= 4 is 23.2 Å². The Hall–Kier alpha value is -3.03. The molecule has 0 bridgehead atoms. The highest BCUT2D eigenvalue weighted by Crippen LogP contribution is 2.35.